The highest BCUT2D eigenvalue weighted by molar-refractivity contribution is 5.72. The van der Waals surface area contributed by atoms with Crippen molar-refractivity contribution >= 4 is 5.97 Å². The third-order valence-corrected chi connectivity index (χ3v) is 3.57. The van der Waals surface area contributed by atoms with E-state index in [0.29, 0.717) is 12.5 Å². The minimum Gasteiger partial charge on any atom is -0.479 e. The van der Waals surface area contributed by atoms with Gasteiger partial charge in [0.15, 0.2) is 6.10 Å². The van der Waals surface area contributed by atoms with Crippen LogP contribution >= 0.6 is 0 Å². The number of carboxylic acids is 1. The number of likely N-dealkylation sites (N-methyl/N-ethyl adjacent to an activating group) is 1. The van der Waals surface area contributed by atoms with Gasteiger partial charge in [0, 0.05) is 12.6 Å². The van der Waals surface area contributed by atoms with Crippen LogP contribution < -0.4 is 0 Å². The van der Waals surface area contributed by atoms with Crippen molar-refractivity contribution in [1.82, 2.24) is 4.90 Å². The quantitative estimate of drug-likeness (QED) is 0.760. The van der Waals surface area contributed by atoms with Gasteiger partial charge in [-0.3, -0.25) is 0 Å². The number of ether oxygens (including phenoxy) is 1. The van der Waals surface area contributed by atoms with Crippen molar-refractivity contribution < 1.29 is 14.6 Å². The third kappa shape index (κ3) is 2.49. The van der Waals surface area contributed by atoms with Gasteiger partial charge in [-0.15, -0.1) is 0 Å². The van der Waals surface area contributed by atoms with E-state index in [0.717, 1.165) is 13.0 Å². The molecule has 2 fully saturated rings. The summed E-state index contributed by atoms with van der Waals surface area (Å²) in [4.78, 5) is 13.0. The Morgan fingerprint density at radius 3 is 2.60 bits per heavy atom. The Labute approximate surface area is 90.2 Å². The minimum atomic E-state index is -0.816. The summed E-state index contributed by atoms with van der Waals surface area (Å²) in [6.45, 7) is 0.883. The second-order valence-corrected chi connectivity index (χ2v) is 4.69. The number of hydrogen-bond donors (Lipinski definition) is 1. The number of hydrogen-bond acceptors (Lipinski definition) is 3. The Morgan fingerprint density at radius 1 is 1.40 bits per heavy atom. The summed E-state index contributed by atoms with van der Waals surface area (Å²) in [6.07, 6.45) is 5.00. The molecule has 0 aromatic carbocycles. The maximum atomic E-state index is 10.7. The maximum absolute atomic E-state index is 10.7. The van der Waals surface area contributed by atoms with Crippen molar-refractivity contribution in [1.29, 1.82) is 0 Å². The van der Waals surface area contributed by atoms with Gasteiger partial charge in [-0.1, -0.05) is 6.42 Å². The summed E-state index contributed by atoms with van der Waals surface area (Å²) in [7, 11) is 2.11. The highest BCUT2D eigenvalue weighted by Crippen LogP contribution is 2.26. The van der Waals surface area contributed by atoms with Gasteiger partial charge in [0.1, 0.15) is 0 Å². The summed E-state index contributed by atoms with van der Waals surface area (Å²) < 4.78 is 5.47. The Bertz CT molecular complexity index is 240. The van der Waals surface area contributed by atoms with Gasteiger partial charge < -0.3 is 14.7 Å². The molecule has 0 radical (unpaired) electrons. The summed E-state index contributed by atoms with van der Waals surface area (Å²) in [5.41, 5.74) is 0. The Hall–Kier alpha value is -0.610. The first kappa shape index (κ1) is 10.9. The molecular formula is C11H19NO3. The first-order valence-corrected chi connectivity index (χ1v) is 5.75. The second-order valence-electron chi connectivity index (χ2n) is 4.69. The molecule has 2 rings (SSSR count). The van der Waals surface area contributed by atoms with Crippen LogP contribution in [0.1, 0.15) is 32.1 Å². The summed E-state index contributed by atoms with van der Waals surface area (Å²) in [6, 6.07) is 0.706. The molecule has 1 saturated heterocycles. The van der Waals surface area contributed by atoms with Crippen molar-refractivity contribution in [2.24, 2.45) is 0 Å². The lowest BCUT2D eigenvalue weighted by molar-refractivity contribution is -0.149. The average molecular weight is 213 g/mol. The average Bonchev–Trinajstić information content (AvgIpc) is 2.48. The molecule has 0 aromatic heterocycles. The maximum Gasteiger partial charge on any atom is 0.332 e. The monoisotopic (exact) mass is 213 g/mol. The van der Waals surface area contributed by atoms with Crippen LogP contribution in [0.5, 0.6) is 0 Å². The molecule has 4 heteroatoms. The van der Waals surface area contributed by atoms with E-state index in [4.69, 9.17) is 9.84 Å². The van der Waals surface area contributed by atoms with Crippen LogP contribution in [0, 0.1) is 0 Å². The van der Waals surface area contributed by atoms with Crippen LogP contribution in [0.3, 0.4) is 0 Å². The Kier molecular flexibility index (Phi) is 3.26. The van der Waals surface area contributed by atoms with E-state index in [9.17, 15) is 4.79 Å². The van der Waals surface area contributed by atoms with Crippen molar-refractivity contribution in [3.63, 3.8) is 0 Å². The van der Waals surface area contributed by atoms with Crippen LogP contribution in [-0.2, 0) is 9.53 Å². The molecule has 2 unspecified atom stereocenters. The first-order valence-electron chi connectivity index (χ1n) is 5.75. The molecule has 1 N–H and O–H groups in total. The van der Waals surface area contributed by atoms with Gasteiger partial charge in [0.05, 0.1) is 6.10 Å². The molecule has 0 spiro atoms. The number of nitrogens with zero attached hydrogens (tertiary/aromatic N) is 1. The normalized spacial score (nSPS) is 31.9. The molecule has 1 aliphatic carbocycles. The first-order chi connectivity index (χ1) is 7.16. The number of aliphatic carboxylic acids is 1. The van der Waals surface area contributed by atoms with E-state index >= 15 is 0 Å². The van der Waals surface area contributed by atoms with E-state index in [2.05, 4.69) is 11.9 Å². The molecule has 1 saturated carbocycles. The van der Waals surface area contributed by atoms with Crippen molar-refractivity contribution in [2.75, 3.05) is 13.6 Å². The molecular weight excluding hydrogens is 194 g/mol. The van der Waals surface area contributed by atoms with Crippen LogP contribution in [0.4, 0.5) is 0 Å². The molecule has 2 aliphatic rings. The molecule has 15 heavy (non-hydrogen) atoms. The van der Waals surface area contributed by atoms with Gasteiger partial charge in [0.2, 0.25) is 0 Å². The highest BCUT2D eigenvalue weighted by atomic mass is 16.5. The van der Waals surface area contributed by atoms with Crippen LogP contribution in [0.25, 0.3) is 0 Å². The summed E-state index contributed by atoms with van der Waals surface area (Å²) >= 11 is 0. The molecule has 4 nitrogen and oxygen atoms in total. The van der Waals surface area contributed by atoms with E-state index in [1.54, 1.807) is 0 Å². The largest absolute Gasteiger partial charge is 0.479 e. The second kappa shape index (κ2) is 4.49. The minimum absolute atomic E-state index is 0.122. The van der Waals surface area contributed by atoms with Crippen molar-refractivity contribution in [3.8, 4) is 0 Å². The predicted molar refractivity (Wildman–Crippen MR) is 55.8 cm³/mol. The van der Waals surface area contributed by atoms with E-state index in [1.807, 2.05) is 0 Å². The zero-order valence-electron chi connectivity index (χ0n) is 9.19. The van der Waals surface area contributed by atoms with Crippen LogP contribution in [-0.4, -0.2) is 47.8 Å². The van der Waals surface area contributed by atoms with E-state index in [-0.39, 0.29) is 6.10 Å². The zero-order valence-corrected chi connectivity index (χ0v) is 9.19. The number of rotatable bonds is 4. The Balaban J connectivity index is 1.74. The van der Waals surface area contributed by atoms with Crippen LogP contribution in [0.15, 0.2) is 0 Å². The standard InChI is InChI=1S/C11H19NO3/c1-12(8-3-2-4-8)7-9-5-6-10(15-9)11(13)14/h8-10H,2-7H2,1H3,(H,13,14). The molecule has 2 atom stereocenters. The number of carboxylic acid groups (broad SMARTS) is 1. The lowest BCUT2D eigenvalue weighted by Crippen LogP contribution is -2.41. The van der Waals surface area contributed by atoms with Crippen molar-refractivity contribution in [3.05, 3.63) is 0 Å². The topological polar surface area (TPSA) is 49.8 Å². The van der Waals surface area contributed by atoms with E-state index in [1.165, 1.54) is 19.3 Å². The van der Waals surface area contributed by atoms with Gasteiger partial charge >= 0.3 is 5.97 Å². The molecule has 86 valence electrons. The third-order valence-electron chi connectivity index (χ3n) is 3.57. The van der Waals surface area contributed by atoms with Gasteiger partial charge in [-0.05, 0) is 32.7 Å². The van der Waals surface area contributed by atoms with E-state index < -0.39 is 12.1 Å². The molecule has 0 bridgehead atoms. The van der Waals surface area contributed by atoms with Gasteiger partial charge in [-0.2, -0.15) is 0 Å². The fraction of sp³-hybridized carbons (Fsp3) is 0.909. The van der Waals surface area contributed by atoms with Gasteiger partial charge in [0.25, 0.3) is 0 Å². The van der Waals surface area contributed by atoms with Crippen molar-refractivity contribution in [2.45, 2.75) is 50.4 Å². The molecule has 1 heterocycles. The number of carbonyl (C=O) groups is 1. The summed E-state index contributed by atoms with van der Waals surface area (Å²) in [5, 5.41) is 8.79. The zero-order chi connectivity index (χ0) is 10.8. The fourth-order valence-electron chi connectivity index (χ4n) is 2.32. The fourth-order valence-corrected chi connectivity index (χ4v) is 2.32. The SMILES string of the molecule is CN(CC1CCC(C(=O)O)O1)C1CCC1. The Morgan fingerprint density at radius 2 is 2.13 bits per heavy atom. The summed E-state index contributed by atoms with van der Waals surface area (Å²) in [5.74, 6) is -0.816. The highest BCUT2D eigenvalue weighted by Gasteiger charge is 2.32. The molecule has 1 aliphatic heterocycles. The van der Waals surface area contributed by atoms with Crippen LogP contribution in [0.2, 0.25) is 0 Å². The van der Waals surface area contributed by atoms with Gasteiger partial charge in [-0.25, -0.2) is 4.79 Å². The predicted octanol–water partition coefficient (Wildman–Crippen LogP) is 1.10. The molecule has 0 aromatic rings. The smallest absolute Gasteiger partial charge is 0.332 e. The lowest BCUT2D eigenvalue weighted by Gasteiger charge is -2.35. The lowest BCUT2D eigenvalue weighted by atomic mass is 9.91. The molecule has 0 amide bonds.